The monoisotopic (exact) mass is 364 g/mol. The van der Waals surface area contributed by atoms with Crippen LogP contribution in [0.15, 0.2) is 22.7 Å². The van der Waals surface area contributed by atoms with Crippen LogP contribution in [0.3, 0.4) is 0 Å². The minimum atomic E-state index is -0.0984. The highest BCUT2D eigenvalue weighted by Crippen LogP contribution is 2.34. The van der Waals surface area contributed by atoms with E-state index in [1.807, 2.05) is 18.2 Å². The van der Waals surface area contributed by atoms with Crippen LogP contribution in [0.4, 0.5) is 0 Å². The zero-order valence-corrected chi connectivity index (χ0v) is 12.5. The molecule has 0 spiro atoms. The molecular formula is C12H11Br2ClO. The molecule has 4 heteroatoms. The van der Waals surface area contributed by atoms with Gasteiger partial charge >= 0.3 is 0 Å². The molecule has 0 heterocycles. The van der Waals surface area contributed by atoms with Crippen molar-refractivity contribution in [3.63, 3.8) is 0 Å². The molecule has 0 radical (unpaired) electrons. The molecular weight excluding hydrogens is 355 g/mol. The Morgan fingerprint density at radius 3 is 2.75 bits per heavy atom. The Morgan fingerprint density at radius 2 is 2.19 bits per heavy atom. The van der Waals surface area contributed by atoms with Gasteiger partial charge in [0, 0.05) is 15.4 Å². The molecule has 0 aliphatic heterocycles. The molecule has 86 valence electrons. The first-order valence-electron chi connectivity index (χ1n) is 5.19. The summed E-state index contributed by atoms with van der Waals surface area (Å²) in [5.41, 5.74) is 1.01. The molecule has 1 aromatic rings. The van der Waals surface area contributed by atoms with Gasteiger partial charge in [0.2, 0.25) is 0 Å². The summed E-state index contributed by atoms with van der Waals surface area (Å²) in [7, 11) is 0. The lowest BCUT2D eigenvalue weighted by atomic mass is 10.1. The molecule has 2 rings (SSSR count). The third-order valence-electron chi connectivity index (χ3n) is 2.70. The van der Waals surface area contributed by atoms with E-state index in [0.717, 1.165) is 22.9 Å². The molecule has 1 aliphatic carbocycles. The highest BCUT2D eigenvalue weighted by atomic mass is 79.9. The summed E-state index contributed by atoms with van der Waals surface area (Å²) in [6.45, 7) is 0. The maximum Gasteiger partial charge on any atom is 0.149 e. The van der Waals surface area contributed by atoms with Gasteiger partial charge in [0.1, 0.15) is 5.78 Å². The normalized spacial score (nSPS) is 17.2. The maximum absolute atomic E-state index is 11.8. The Bertz CT molecular complexity index is 415. The second-order valence-corrected chi connectivity index (χ2v) is 6.51. The first-order chi connectivity index (χ1) is 7.58. The number of ketones is 1. The molecule has 0 bridgehead atoms. The molecule has 1 saturated carbocycles. The van der Waals surface area contributed by atoms with E-state index in [2.05, 4.69) is 31.9 Å². The van der Waals surface area contributed by atoms with Gasteiger partial charge in [-0.1, -0.05) is 49.5 Å². The lowest BCUT2D eigenvalue weighted by Gasteiger charge is -2.09. The average molecular weight is 366 g/mol. The Balaban J connectivity index is 2.05. The van der Waals surface area contributed by atoms with Gasteiger partial charge in [0.05, 0.1) is 4.83 Å². The van der Waals surface area contributed by atoms with Gasteiger partial charge in [0.15, 0.2) is 0 Å². The van der Waals surface area contributed by atoms with Crippen molar-refractivity contribution in [3.05, 3.63) is 33.3 Å². The first-order valence-corrected chi connectivity index (χ1v) is 7.28. The molecule has 1 fully saturated rings. The van der Waals surface area contributed by atoms with Crippen molar-refractivity contribution in [1.29, 1.82) is 0 Å². The quantitative estimate of drug-likeness (QED) is 0.723. The minimum absolute atomic E-state index is 0.0984. The van der Waals surface area contributed by atoms with Crippen LogP contribution in [-0.2, 0) is 11.2 Å². The third-order valence-corrected chi connectivity index (χ3v) is 4.32. The summed E-state index contributed by atoms with van der Waals surface area (Å²) in [5.74, 6) is 0.609. The van der Waals surface area contributed by atoms with Crippen molar-refractivity contribution < 1.29 is 4.79 Å². The van der Waals surface area contributed by atoms with E-state index in [1.165, 1.54) is 0 Å². The molecule has 1 nitrogen and oxygen atoms in total. The fourth-order valence-corrected chi connectivity index (χ4v) is 3.08. The van der Waals surface area contributed by atoms with Crippen LogP contribution in [0.25, 0.3) is 0 Å². The minimum Gasteiger partial charge on any atom is -0.298 e. The summed E-state index contributed by atoms with van der Waals surface area (Å²) >= 11 is 12.9. The zero-order valence-electron chi connectivity index (χ0n) is 8.55. The summed E-state index contributed by atoms with van der Waals surface area (Å²) < 4.78 is 0.959. The number of carbonyl (C=O) groups is 1. The standard InChI is InChI=1S/C12H11Br2ClO/c13-9-4-3-8(11(15)6-9)5-10(14)12(16)7-1-2-7/h3-4,6-7,10H,1-2,5H2. The molecule has 1 aromatic carbocycles. The van der Waals surface area contributed by atoms with E-state index in [-0.39, 0.29) is 4.83 Å². The summed E-state index contributed by atoms with van der Waals surface area (Å²) in [4.78, 5) is 11.7. The van der Waals surface area contributed by atoms with Crippen LogP contribution in [0.1, 0.15) is 18.4 Å². The van der Waals surface area contributed by atoms with Crippen molar-refractivity contribution >= 4 is 49.2 Å². The van der Waals surface area contributed by atoms with Gasteiger partial charge in [0.25, 0.3) is 0 Å². The van der Waals surface area contributed by atoms with Crippen molar-refractivity contribution in [2.24, 2.45) is 5.92 Å². The van der Waals surface area contributed by atoms with E-state index >= 15 is 0 Å². The molecule has 0 amide bonds. The average Bonchev–Trinajstić information content (AvgIpc) is 3.04. The van der Waals surface area contributed by atoms with E-state index in [0.29, 0.717) is 23.1 Å². The molecule has 0 N–H and O–H groups in total. The Kier molecular flexibility index (Phi) is 4.09. The topological polar surface area (TPSA) is 17.1 Å². The number of alkyl halides is 1. The molecule has 16 heavy (non-hydrogen) atoms. The van der Waals surface area contributed by atoms with Crippen LogP contribution in [0, 0.1) is 5.92 Å². The fourth-order valence-electron chi connectivity index (χ4n) is 1.60. The number of hydrogen-bond donors (Lipinski definition) is 0. The van der Waals surface area contributed by atoms with Gasteiger partial charge in [-0.15, -0.1) is 0 Å². The van der Waals surface area contributed by atoms with Crippen molar-refractivity contribution in [2.45, 2.75) is 24.1 Å². The SMILES string of the molecule is O=C(C(Br)Cc1ccc(Br)cc1Cl)C1CC1. The molecule has 1 atom stereocenters. The number of benzene rings is 1. The fraction of sp³-hybridized carbons (Fsp3) is 0.417. The maximum atomic E-state index is 11.8. The van der Waals surface area contributed by atoms with E-state index in [1.54, 1.807) is 0 Å². The van der Waals surface area contributed by atoms with Gasteiger partial charge < -0.3 is 0 Å². The summed E-state index contributed by atoms with van der Waals surface area (Å²) in [6.07, 6.45) is 2.77. The van der Waals surface area contributed by atoms with Crippen LogP contribution in [-0.4, -0.2) is 10.6 Å². The Morgan fingerprint density at radius 1 is 1.50 bits per heavy atom. The lowest BCUT2D eigenvalue weighted by Crippen LogP contribution is -2.18. The van der Waals surface area contributed by atoms with Crippen LogP contribution in [0.2, 0.25) is 5.02 Å². The number of hydrogen-bond acceptors (Lipinski definition) is 1. The van der Waals surface area contributed by atoms with Crippen LogP contribution >= 0.6 is 43.5 Å². The second-order valence-electron chi connectivity index (χ2n) is 4.08. The van der Waals surface area contributed by atoms with E-state index in [4.69, 9.17) is 11.6 Å². The van der Waals surface area contributed by atoms with Crippen molar-refractivity contribution in [2.75, 3.05) is 0 Å². The van der Waals surface area contributed by atoms with Gasteiger partial charge in [-0.25, -0.2) is 0 Å². The molecule has 0 saturated heterocycles. The highest BCUT2D eigenvalue weighted by molar-refractivity contribution is 9.10. The van der Waals surface area contributed by atoms with Crippen molar-refractivity contribution in [1.82, 2.24) is 0 Å². The van der Waals surface area contributed by atoms with E-state index < -0.39 is 0 Å². The van der Waals surface area contributed by atoms with Crippen LogP contribution in [0.5, 0.6) is 0 Å². The molecule has 1 aliphatic rings. The number of rotatable bonds is 4. The number of carbonyl (C=O) groups excluding carboxylic acids is 1. The lowest BCUT2D eigenvalue weighted by molar-refractivity contribution is -0.119. The third kappa shape index (κ3) is 3.08. The predicted molar refractivity (Wildman–Crippen MR) is 73.3 cm³/mol. The molecule has 1 unspecified atom stereocenters. The number of Topliss-reactive ketones (excluding diaryl/α,β-unsaturated/α-hetero) is 1. The largest absolute Gasteiger partial charge is 0.298 e. The molecule has 0 aromatic heterocycles. The second kappa shape index (κ2) is 5.19. The summed E-state index contributed by atoms with van der Waals surface area (Å²) in [5, 5.41) is 0.711. The van der Waals surface area contributed by atoms with Gasteiger partial charge in [-0.3, -0.25) is 4.79 Å². The van der Waals surface area contributed by atoms with Crippen molar-refractivity contribution in [3.8, 4) is 0 Å². The number of halogens is 3. The zero-order chi connectivity index (χ0) is 11.7. The smallest absolute Gasteiger partial charge is 0.149 e. The van der Waals surface area contributed by atoms with Gasteiger partial charge in [-0.05, 0) is 37.0 Å². The predicted octanol–water partition coefficient (Wildman–Crippen LogP) is 4.39. The first kappa shape index (κ1) is 12.6. The van der Waals surface area contributed by atoms with Gasteiger partial charge in [-0.2, -0.15) is 0 Å². The van der Waals surface area contributed by atoms with Crippen LogP contribution < -0.4 is 0 Å². The Hall–Kier alpha value is 0.140. The summed E-state index contributed by atoms with van der Waals surface area (Å²) in [6, 6.07) is 5.77. The highest BCUT2D eigenvalue weighted by Gasteiger charge is 2.33. The van der Waals surface area contributed by atoms with E-state index in [9.17, 15) is 4.79 Å². The Labute approximate surface area is 117 Å².